The molecule has 0 atom stereocenters. The van der Waals surface area contributed by atoms with Crippen LogP contribution in [0.25, 0.3) is 0 Å². The molecule has 0 saturated carbocycles. The minimum Gasteiger partial charge on any atom is -0.480 e. The van der Waals surface area contributed by atoms with Crippen molar-refractivity contribution in [3.8, 4) is 0 Å². The molecule has 0 saturated heterocycles. The lowest BCUT2D eigenvalue weighted by Crippen LogP contribution is -2.40. The highest BCUT2D eigenvalue weighted by atomic mass is 16.4. The predicted octanol–water partition coefficient (Wildman–Crippen LogP) is 2.09. The molecule has 5 nitrogen and oxygen atoms in total. The molecule has 1 rings (SSSR count). The van der Waals surface area contributed by atoms with Crippen molar-refractivity contribution in [2.45, 2.75) is 40.2 Å². The van der Waals surface area contributed by atoms with Crippen molar-refractivity contribution in [3.63, 3.8) is 0 Å². The van der Waals surface area contributed by atoms with E-state index >= 15 is 0 Å². The fourth-order valence-electron chi connectivity index (χ4n) is 1.75. The van der Waals surface area contributed by atoms with Crippen LogP contribution in [0.15, 0.2) is 10.5 Å². The third-order valence-electron chi connectivity index (χ3n) is 2.74. The second kappa shape index (κ2) is 5.71. The first-order valence-electron chi connectivity index (χ1n) is 5.98. The molecule has 0 aliphatic heterocycles. The van der Waals surface area contributed by atoms with E-state index in [1.807, 2.05) is 13.8 Å². The second-order valence-corrected chi connectivity index (χ2v) is 4.49. The van der Waals surface area contributed by atoms with Gasteiger partial charge < -0.3 is 14.4 Å². The van der Waals surface area contributed by atoms with Gasteiger partial charge in [-0.3, -0.25) is 9.59 Å². The van der Waals surface area contributed by atoms with E-state index in [-0.39, 0.29) is 24.3 Å². The standard InChI is InChI=1S/C13H19NO4/c1-5-10-9(4)6-11(18-10)13(17)14(8(2)3)7-12(15)16/h6,8H,5,7H2,1-4H3,(H,15,16). The summed E-state index contributed by atoms with van der Waals surface area (Å²) >= 11 is 0. The van der Waals surface area contributed by atoms with E-state index in [0.29, 0.717) is 6.42 Å². The maximum atomic E-state index is 12.2. The van der Waals surface area contributed by atoms with Gasteiger partial charge in [-0.15, -0.1) is 0 Å². The number of hydrogen-bond donors (Lipinski definition) is 1. The van der Waals surface area contributed by atoms with Crippen molar-refractivity contribution < 1.29 is 19.1 Å². The van der Waals surface area contributed by atoms with Crippen LogP contribution >= 0.6 is 0 Å². The molecule has 1 aromatic rings. The summed E-state index contributed by atoms with van der Waals surface area (Å²) < 4.78 is 5.45. The zero-order chi connectivity index (χ0) is 13.9. The second-order valence-electron chi connectivity index (χ2n) is 4.49. The quantitative estimate of drug-likeness (QED) is 0.872. The van der Waals surface area contributed by atoms with Crippen molar-refractivity contribution >= 4 is 11.9 Å². The summed E-state index contributed by atoms with van der Waals surface area (Å²) in [4.78, 5) is 24.2. The molecule has 1 N–H and O–H groups in total. The van der Waals surface area contributed by atoms with Crippen molar-refractivity contribution in [1.29, 1.82) is 0 Å². The van der Waals surface area contributed by atoms with E-state index in [9.17, 15) is 9.59 Å². The van der Waals surface area contributed by atoms with E-state index in [2.05, 4.69) is 0 Å². The van der Waals surface area contributed by atoms with Gasteiger partial charge in [-0.05, 0) is 32.4 Å². The minimum absolute atomic E-state index is 0.191. The molecule has 1 amide bonds. The van der Waals surface area contributed by atoms with Crippen LogP contribution in [0.4, 0.5) is 0 Å². The van der Waals surface area contributed by atoms with Gasteiger partial charge in [0, 0.05) is 12.5 Å². The third kappa shape index (κ3) is 3.12. The Morgan fingerprint density at radius 3 is 2.44 bits per heavy atom. The predicted molar refractivity (Wildman–Crippen MR) is 66.6 cm³/mol. The average molecular weight is 253 g/mol. The van der Waals surface area contributed by atoms with E-state index < -0.39 is 5.97 Å². The maximum absolute atomic E-state index is 12.2. The molecule has 0 aliphatic carbocycles. The van der Waals surface area contributed by atoms with Gasteiger partial charge in [0.2, 0.25) is 0 Å². The normalized spacial score (nSPS) is 10.7. The molecular formula is C13H19NO4. The van der Waals surface area contributed by atoms with E-state index in [1.54, 1.807) is 19.9 Å². The van der Waals surface area contributed by atoms with Gasteiger partial charge in [0.1, 0.15) is 12.3 Å². The Morgan fingerprint density at radius 2 is 2.06 bits per heavy atom. The first kappa shape index (κ1) is 14.3. The lowest BCUT2D eigenvalue weighted by Gasteiger charge is -2.23. The van der Waals surface area contributed by atoms with Crippen LogP contribution in [0.1, 0.15) is 42.6 Å². The first-order valence-corrected chi connectivity index (χ1v) is 5.98. The zero-order valence-corrected chi connectivity index (χ0v) is 11.2. The highest BCUT2D eigenvalue weighted by molar-refractivity contribution is 5.93. The van der Waals surface area contributed by atoms with Crippen molar-refractivity contribution in [3.05, 3.63) is 23.2 Å². The highest BCUT2D eigenvalue weighted by Crippen LogP contribution is 2.17. The number of carboxylic acid groups (broad SMARTS) is 1. The lowest BCUT2D eigenvalue weighted by molar-refractivity contribution is -0.138. The summed E-state index contributed by atoms with van der Waals surface area (Å²) in [5.74, 6) is -0.442. The summed E-state index contributed by atoms with van der Waals surface area (Å²) in [6, 6.07) is 1.47. The van der Waals surface area contributed by atoms with Gasteiger partial charge in [-0.1, -0.05) is 6.92 Å². The van der Waals surface area contributed by atoms with E-state index in [1.165, 1.54) is 4.90 Å². The molecule has 100 valence electrons. The fraction of sp³-hybridized carbons (Fsp3) is 0.538. The zero-order valence-electron chi connectivity index (χ0n) is 11.2. The third-order valence-corrected chi connectivity index (χ3v) is 2.74. The molecule has 1 aromatic heterocycles. The van der Waals surface area contributed by atoms with E-state index in [0.717, 1.165) is 11.3 Å². The van der Waals surface area contributed by atoms with E-state index in [4.69, 9.17) is 9.52 Å². The largest absolute Gasteiger partial charge is 0.480 e. The number of carbonyl (C=O) groups excluding carboxylic acids is 1. The molecule has 5 heteroatoms. The SMILES string of the molecule is CCc1oc(C(=O)N(CC(=O)O)C(C)C)cc1C. The van der Waals surface area contributed by atoms with Crippen LogP contribution in [-0.4, -0.2) is 34.5 Å². The Labute approximate surface area is 106 Å². The van der Waals surface area contributed by atoms with Crippen molar-refractivity contribution in [2.75, 3.05) is 6.54 Å². The maximum Gasteiger partial charge on any atom is 0.323 e. The topological polar surface area (TPSA) is 70.8 Å². The van der Waals surface area contributed by atoms with Crippen molar-refractivity contribution in [1.82, 2.24) is 4.90 Å². The van der Waals surface area contributed by atoms with Crippen LogP contribution < -0.4 is 0 Å². The van der Waals surface area contributed by atoms with Crippen LogP contribution in [-0.2, 0) is 11.2 Å². The average Bonchev–Trinajstić information content (AvgIpc) is 2.66. The van der Waals surface area contributed by atoms with Gasteiger partial charge in [-0.2, -0.15) is 0 Å². The lowest BCUT2D eigenvalue weighted by atomic mass is 10.2. The number of furan rings is 1. The summed E-state index contributed by atoms with van der Waals surface area (Å²) in [5.41, 5.74) is 0.917. The number of aryl methyl sites for hydroxylation is 2. The number of nitrogens with zero attached hydrogens (tertiary/aromatic N) is 1. The monoisotopic (exact) mass is 253 g/mol. The van der Waals surface area contributed by atoms with Gasteiger partial charge in [0.05, 0.1) is 0 Å². The van der Waals surface area contributed by atoms with Crippen LogP contribution in [0, 0.1) is 6.92 Å². The number of rotatable bonds is 5. The molecule has 18 heavy (non-hydrogen) atoms. The Bertz CT molecular complexity index is 448. The molecule has 0 bridgehead atoms. The molecule has 0 fully saturated rings. The Morgan fingerprint density at radius 1 is 1.44 bits per heavy atom. The molecule has 0 radical (unpaired) electrons. The van der Waals surface area contributed by atoms with Crippen LogP contribution in [0.5, 0.6) is 0 Å². The summed E-state index contributed by atoms with van der Waals surface area (Å²) in [7, 11) is 0. The Kier molecular flexibility index (Phi) is 4.53. The molecule has 0 aliphatic rings. The summed E-state index contributed by atoms with van der Waals surface area (Å²) in [6.45, 7) is 7.04. The molecular weight excluding hydrogens is 234 g/mol. The molecule has 1 heterocycles. The smallest absolute Gasteiger partial charge is 0.323 e. The number of carboxylic acids is 1. The van der Waals surface area contributed by atoms with Gasteiger partial charge >= 0.3 is 5.97 Å². The number of carbonyl (C=O) groups is 2. The summed E-state index contributed by atoms with van der Waals surface area (Å²) in [6.07, 6.45) is 0.708. The Hall–Kier alpha value is -1.78. The Balaban J connectivity index is 2.98. The number of hydrogen-bond acceptors (Lipinski definition) is 3. The van der Waals surface area contributed by atoms with Gasteiger partial charge in [0.15, 0.2) is 5.76 Å². The first-order chi connectivity index (χ1) is 8.36. The van der Waals surface area contributed by atoms with Crippen LogP contribution in [0.3, 0.4) is 0 Å². The fourth-order valence-corrected chi connectivity index (χ4v) is 1.75. The number of aliphatic carboxylic acids is 1. The highest BCUT2D eigenvalue weighted by Gasteiger charge is 2.24. The minimum atomic E-state index is -1.03. The summed E-state index contributed by atoms with van der Waals surface area (Å²) in [5, 5.41) is 8.81. The van der Waals surface area contributed by atoms with Crippen LogP contribution in [0.2, 0.25) is 0 Å². The van der Waals surface area contributed by atoms with Gasteiger partial charge in [0.25, 0.3) is 5.91 Å². The number of amides is 1. The molecule has 0 aromatic carbocycles. The molecule has 0 spiro atoms. The van der Waals surface area contributed by atoms with Gasteiger partial charge in [-0.25, -0.2) is 0 Å². The van der Waals surface area contributed by atoms with Crippen molar-refractivity contribution in [2.24, 2.45) is 0 Å². The molecule has 0 unspecified atom stereocenters.